The molecule has 0 spiro atoms. The number of hydrogen-bond donors (Lipinski definition) is 1. The second kappa shape index (κ2) is 3.65. The van der Waals surface area contributed by atoms with Gasteiger partial charge in [0.05, 0.1) is 0 Å². The van der Waals surface area contributed by atoms with Crippen molar-refractivity contribution >= 4 is 12.0 Å². The van der Waals surface area contributed by atoms with Gasteiger partial charge in [0.2, 0.25) is 0 Å². The van der Waals surface area contributed by atoms with Gasteiger partial charge in [-0.15, -0.1) is 0 Å². The van der Waals surface area contributed by atoms with Crippen molar-refractivity contribution in [3.05, 3.63) is 18.1 Å². The second-order valence-corrected chi connectivity index (χ2v) is 2.04. The van der Waals surface area contributed by atoms with E-state index in [0.29, 0.717) is 0 Å². The molecule has 0 fully saturated rings. The molecule has 0 aliphatic heterocycles. The topological polar surface area (TPSA) is 50.2 Å². The molecule has 0 aliphatic carbocycles. The minimum atomic E-state index is 0.718. The van der Waals surface area contributed by atoms with Crippen LogP contribution in [0.15, 0.2) is 17.5 Å². The SMILES string of the molecule is CC=NNc1cc(C)ncn1. The fraction of sp³-hybridized carbons (Fsp3) is 0.286. The van der Waals surface area contributed by atoms with Crippen LogP contribution in [-0.2, 0) is 0 Å². The van der Waals surface area contributed by atoms with Crippen LogP contribution in [0.5, 0.6) is 0 Å². The Hall–Kier alpha value is -1.45. The quantitative estimate of drug-likeness (QED) is 0.509. The normalized spacial score (nSPS) is 10.4. The molecule has 0 bridgehead atoms. The number of hydrazone groups is 1. The largest absolute Gasteiger partial charge is 0.262 e. The third-order valence-corrected chi connectivity index (χ3v) is 1.11. The fourth-order valence-corrected chi connectivity index (χ4v) is 0.646. The molecule has 0 aromatic carbocycles. The molecule has 0 aliphatic rings. The van der Waals surface area contributed by atoms with Gasteiger partial charge in [0.15, 0.2) is 0 Å². The highest BCUT2D eigenvalue weighted by Crippen LogP contribution is 2.01. The lowest BCUT2D eigenvalue weighted by Crippen LogP contribution is -1.93. The molecule has 0 amide bonds. The molecule has 0 unspecified atom stereocenters. The van der Waals surface area contributed by atoms with Crippen LogP contribution in [0.3, 0.4) is 0 Å². The van der Waals surface area contributed by atoms with Gasteiger partial charge in [-0.3, -0.25) is 5.43 Å². The fourth-order valence-electron chi connectivity index (χ4n) is 0.646. The highest BCUT2D eigenvalue weighted by molar-refractivity contribution is 5.55. The Balaban J connectivity index is 2.71. The summed E-state index contributed by atoms with van der Waals surface area (Å²) in [4.78, 5) is 7.89. The molecule has 11 heavy (non-hydrogen) atoms. The lowest BCUT2D eigenvalue weighted by Gasteiger charge is -1.97. The predicted octanol–water partition coefficient (Wildman–Crippen LogP) is 1.20. The number of anilines is 1. The molecule has 0 saturated carbocycles. The van der Waals surface area contributed by atoms with Crippen LogP contribution in [0, 0.1) is 6.92 Å². The van der Waals surface area contributed by atoms with Crippen molar-refractivity contribution in [2.45, 2.75) is 13.8 Å². The van der Waals surface area contributed by atoms with Crippen LogP contribution < -0.4 is 5.43 Å². The molecular weight excluding hydrogens is 140 g/mol. The lowest BCUT2D eigenvalue weighted by atomic mass is 10.4. The maximum atomic E-state index is 3.94. The van der Waals surface area contributed by atoms with Gasteiger partial charge >= 0.3 is 0 Å². The summed E-state index contributed by atoms with van der Waals surface area (Å²) in [6.07, 6.45) is 3.17. The van der Waals surface area contributed by atoms with Gasteiger partial charge in [0, 0.05) is 18.0 Å². The zero-order chi connectivity index (χ0) is 8.10. The van der Waals surface area contributed by atoms with Gasteiger partial charge in [-0.2, -0.15) is 5.10 Å². The van der Waals surface area contributed by atoms with E-state index in [2.05, 4.69) is 20.5 Å². The lowest BCUT2D eigenvalue weighted by molar-refractivity contribution is 1.09. The zero-order valence-corrected chi connectivity index (χ0v) is 6.57. The highest BCUT2D eigenvalue weighted by atomic mass is 15.3. The highest BCUT2D eigenvalue weighted by Gasteiger charge is 1.89. The van der Waals surface area contributed by atoms with E-state index in [4.69, 9.17) is 0 Å². The van der Waals surface area contributed by atoms with Crippen molar-refractivity contribution in [1.82, 2.24) is 9.97 Å². The van der Waals surface area contributed by atoms with E-state index < -0.39 is 0 Å². The molecule has 0 radical (unpaired) electrons. The Kier molecular flexibility index (Phi) is 2.54. The number of nitrogens with zero attached hydrogens (tertiary/aromatic N) is 3. The van der Waals surface area contributed by atoms with Gasteiger partial charge in [0.25, 0.3) is 0 Å². The molecular formula is C7H10N4. The maximum absolute atomic E-state index is 3.94. The summed E-state index contributed by atoms with van der Waals surface area (Å²) in [5.41, 5.74) is 3.68. The van der Waals surface area contributed by atoms with E-state index in [-0.39, 0.29) is 0 Å². The van der Waals surface area contributed by atoms with E-state index in [0.717, 1.165) is 11.5 Å². The number of nitrogens with one attached hydrogen (secondary N) is 1. The van der Waals surface area contributed by atoms with Crippen LogP contribution >= 0.6 is 0 Å². The van der Waals surface area contributed by atoms with E-state index in [1.54, 1.807) is 6.21 Å². The summed E-state index contributed by atoms with van der Waals surface area (Å²) in [5.74, 6) is 0.718. The summed E-state index contributed by atoms with van der Waals surface area (Å²) >= 11 is 0. The number of rotatable bonds is 2. The van der Waals surface area contributed by atoms with Crippen LogP contribution in [0.2, 0.25) is 0 Å². The van der Waals surface area contributed by atoms with Crippen LogP contribution in [0.1, 0.15) is 12.6 Å². The minimum Gasteiger partial charge on any atom is -0.262 e. The Morgan fingerprint density at radius 3 is 3.00 bits per heavy atom. The number of aromatic nitrogens is 2. The average Bonchev–Trinajstić information content (AvgIpc) is 2.01. The van der Waals surface area contributed by atoms with Crippen LogP contribution in [0.25, 0.3) is 0 Å². The Morgan fingerprint density at radius 2 is 2.36 bits per heavy atom. The summed E-state index contributed by atoms with van der Waals surface area (Å²) in [5, 5.41) is 3.82. The maximum Gasteiger partial charge on any atom is 0.149 e. The third-order valence-electron chi connectivity index (χ3n) is 1.11. The first-order chi connectivity index (χ1) is 5.33. The first-order valence-corrected chi connectivity index (χ1v) is 3.35. The molecule has 58 valence electrons. The predicted molar refractivity (Wildman–Crippen MR) is 44.6 cm³/mol. The van der Waals surface area contributed by atoms with Crippen molar-refractivity contribution in [3.63, 3.8) is 0 Å². The smallest absolute Gasteiger partial charge is 0.149 e. The molecule has 0 saturated heterocycles. The van der Waals surface area contributed by atoms with E-state index >= 15 is 0 Å². The summed E-state index contributed by atoms with van der Waals surface area (Å²) in [7, 11) is 0. The van der Waals surface area contributed by atoms with Gasteiger partial charge in [0.1, 0.15) is 12.1 Å². The first-order valence-electron chi connectivity index (χ1n) is 3.35. The van der Waals surface area contributed by atoms with E-state index in [1.165, 1.54) is 6.33 Å². The molecule has 1 rings (SSSR count). The molecule has 4 nitrogen and oxygen atoms in total. The summed E-state index contributed by atoms with van der Waals surface area (Å²) in [6.45, 7) is 3.74. The van der Waals surface area contributed by atoms with Gasteiger partial charge < -0.3 is 0 Å². The second-order valence-electron chi connectivity index (χ2n) is 2.04. The van der Waals surface area contributed by atoms with Gasteiger partial charge in [-0.05, 0) is 13.8 Å². The molecule has 1 aromatic heterocycles. The van der Waals surface area contributed by atoms with Crippen molar-refractivity contribution < 1.29 is 0 Å². The monoisotopic (exact) mass is 150 g/mol. The van der Waals surface area contributed by atoms with Crippen molar-refractivity contribution in [2.75, 3.05) is 5.43 Å². The van der Waals surface area contributed by atoms with Crippen molar-refractivity contribution in [1.29, 1.82) is 0 Å². The van der Waals surface area contributed by atoms with Crippen LogP contribution in [0.4, 0.5) is 5.82 Å². The molecule has 1 N–H and O–H groups in total. The molecule has 4 heteroatoms. The molecule has 1 aromatic rings. The minimum absolute atomic E-state index is 0.718. The van der Waals surface area contributed by atoms with Gasteiger partial charge in [-0.1, -0.05) is 0 Å². The number of hydrogen-bond acceptors (Lipinski definition) is 4. The third kappa shape index (κ3) is 2.33. The van der Waals surface area contributed by atoms with E-state index in [1.807, 2.05) is 19.9 Å². The standard InChI is InChI=1S/C7H10N4/c1-3-10-11-7-4-6(2)8-5-9-7/h3-5H,1-2H3,(H,8,9,11). The first kappa shape index (κ1) is 7.65. The Morgan fingerprint density at radius 1 is 1.55 bits per heavy atom. The Bertz CT molecular complexity index is 256. The van der Waals surface area contributed by atoms with Crippen LogP contribution in [-0.4, -0.2) is 16.2 Å². The van der Waals surface area contributed by atoms with E-state index in [9.17, 15) is 0 Å². The number of aryl methyl sites for hydroxylation is 1. The average molecular weight is 150 g/mol. The van der Waals surface area contributed by atoms with Crippen molar-refractivity contribution in [2.24, 2.45) is 5.10 Å². The molecule has 1 heterocycles. The summed E-state index contributed by atoms with van der Waals surface area (Å²) < 4.78 is 0. The van der Waals surface area contributed by atoms with Gasteiger partial charge in [-0.25, -0.2) is 9.97 Å². The zero-order valence-electron chi connectivity index (χ0n) is 6.57. The van der Waals surface area contributed by atoms with Crippen molar-refractivity contribution in [3.8, 4) is 0 Å². The summed E-state index contributed by atoms with van der Waals surface area (Å²) in [6, 6.07) is 1.83. The molecule has 0 atom stereocenters. The Labute approximate surface area is 65.4 Å².